The van der Waals surface area contributed by atoms with Crippen molar-refractivity contribution < 1.29 is 14.3 Å². The fraction of sp³-hybridized carbons (Fsp3) is 0.0667. The number of hydrogen-bond donors (Lipinski definition) is 2. The van der Waals surface area contributed by atoms with Crippen molar-refractivity contribution in [3.05, 3.63) is 56.6 Å². The number of hydrazine groups is 1. The first-order valence-electron chi connectivity index (χ1n) is 6.42. The summed E-state index contributed by atoms with van der Waals surface area (Å²) < 4.78 is 5.92. The quantitative estimate of drug-likeness (QED) is 0.562. The first kappa shape index (κ1) is 17.4. The van der Waals surface area contributed by atoms with E-state index in [-0.39, 0.29) is 0 Å². The zero-order valence-electron chi connectivity index (χ0n) is 12.0. The Kier molecular flexibility index (Phi) is 5.67. The first-order valence-corrected chi connectivity index (χ1v) is 7.87. The van der Waals surface area contributed by atoms with Gasteiger partial charge in [0.1, 0.15) is 5.75 Å². The summed E-state index contributed by atoms with van der Waals surface area (Å²) in [6, 6.07) is 10.4. The lowest BCUT2D eigenvalue weighted by atomic mass is 10.2. The topological polar surface area (TPSA) is 84.7 Å². The maximum absolute atomic E-state index is 12.3. The van der Waals surface area contributed by atoms with Crippen LogP contribution < -0.4 is 20.9 Å². The second-order valence-corrected chi connectivity index (χ2v) is 6.04. The van der Waals surface area contributed by atoms with Gasteiger partial charge in [-0.2, -0.15) is 0 Å². The minimum absolute atomic E-state index is 0.371. The number of urea groups is 1. The SMILES string of the molecule is COc1ccc(C(=O)NN(C(N)=O)c2ccc(Cl)cc2)cc1I. The van der Waals surface area contributed by atoms with Crippen LogP contribution >= 0.6 is 34.2 Å². The number of benzene rings is 2. The highest BCUT2D eigenvalue weighted by atomic mass is 127. The average molecular weight is 446 g/mol. The Hall–Kier alpha value is -2.00. The van der Waals surface area contributed by atoms with E-state index in [2.05, 4.69) is 28.0 Å². The molecule has 0 aliphatic carbocycles. The Balaban J connectivity index is 2.23. The number of primary amides is 1. The van der Waals surface area contributed by atoms with Crippen molar-refractivity contribution >= 4 is 51.8 Å². The van der Waals surface area contributed by atoms with E-state index in [4.69, 9.17) is 22.1 Å². The first-order chi connectivity index (χ1) is 10.9. The maximum Gasteiger partial charge on any atom is 0.338 e. The van der Waals surface area contributed by atoms with Crippen LogP contribution in [0.4, 0.5) is 10.5 Å². The molecule has 0 aliphatic rings. The highest BCUT2D eigenvalue weighted by Crippen LogP contribution is 2.22. The van der Waals surface area contributed by atoms with Gasteiger partial charge in [-0.05, 0) is 65.1 Å². The number of methoxy groups -OCH3 is 1. The zero-order valence-corrected chi connectivity index (χ0v) is 15.0. The molecule has 0 heterocycles. The smallest absolute Gasteiger partial charge is 0.338 e. The minimum Gasteiger partial charge on any atom is -0.496 e. The Labute approximate surface area is 151 Å². The molecule has 2 aromatic carbocycles. The molecule has 2 rings (SSSR count). The molecular formula is C15H13ClIN3O3. The molecule has 0 saturated carbocycles. The van der Waals surface area contributed by atoms with Gasteiger partial charge in [0.2, 0.25) is 0 Å². The molecule has 0 aliphatic heterocycles. The molecule has 120 valence electrons. The zero-order chi connectivity index (χ0) is 17.0. The predicted octanol–water partition coefficient (Wildman–Crippen LogP) is 3.18. The normalized spacial score (nSPS) is 10.0. The third-order valence-electron chi connectivity index (χ3n) is 2.93. The number of hydrogen-bond acceptors (Lipinski definition) is 3. The lowest BCUT2D eigenvalue weighted by Crippen LogP contribution is -2.49. The number of amides is 3. The third kappa shape index (κ3) is 4.26. The van der Waals surface area contributed by atoms with Gasteiger partial charge < -0.3 is 10.5 Å². The van der Waals surface area contributed by atoms with Gasteiger partial charge >= 0.3 is 6.03 Å². The molecule has 0 fully saturated rings. The fourth-order valence-electron chi connectivity index (χ4n) is 1.81. The summed E-state index contributed by atoms with van der Waals surface area (Å²) in [5.74, 6) is 0.186. The number of halogens is 2. The van der Waals surface area contributed by atoms with Crippen LogP contribution in [0.25, 0.3) is 0 Å². The Bertz CT molecular complexity index is 737. The van der Waals surface area contributed by atoms with E-state index in [1.54, 1.807) is 49.6 Å². The van der Waals surface area contributed by atoms with Gasteiger partial charge in [0.25, 0.3) is 5.91 Å². The number of carbonyl (C=O) groups excluding carboxylic acids is 2. The molecule has 0 atom stereocenters. The van der Waals surface area contributed by atoms with E-state index in [1.165, 1.54) is 0 Å². The summed E-state index contributed by atoms with van der Waals surface area (Å²) in [4.78, 5) is 23.9. The van der Waals surface area contributed by atoms with Crippen LogP contribution in [-0.4, -0.2) is 19.0 Å². The van der Waals surface area contributed by atoms with Gasteiger partial charge in [0.15, 0.2) is 0 Å². The van der Waals surface area contributed by atoms with Crippen molar-refractivity contribution in [2.75, 3.05) is 12.1 Å². The molecule has 23 heavy (non-hydrogen) atoms. The number of anilines is 1. The molecule has 0 aromatic heterocycles. The second-order valence-electron chi connectivity index (χ2n) is 4.44. The predicted molar refractivity (Wildman–Crippen MR) is 96.7 cm³/mol. The van der Waals surface area contributed by atoms with Crippen molar-refractivity contribution in [1.29, 1.82) is 0 Å². The molecule has 0 bridgehead atoms. The van der Waals surface area contributed by atoms with Crippen molar-refractivity contribution in [1.82, 2.24) is 5.43 Å². The van der Waals surface area contributed by atoms with Crippen LogP contribution in [-0.2, 0) is 0 Å². The third-order valence-corrected chi connectivity index (χ3v) is 4.03. The second kappa shape index (κ2) is 7.51. The van der Waals surface area contributed by atoms with Crippen LogP contribution in [0, 0.1) is 3.57 Å². The number of nitrogens with zero attached hydrogens (tertiary/aromatic N) is 1. The molecular weight excluding hydrogens is 433 g/mol. The molecule has 3 N–H and O–H groups in total. The van der Waals surface area contributed by atoms with Crippen LogP contribution in [0.15, 0.2) is 42.5 Å². The number of ether oxygens (including phenoxy) is 1. The van der Waals surface area contributed by atoms with Crippen molar-refractivity contribution in [3.8, 4) is 5.75 Å². The molecule has 3 amide bonds. The van der Waals surface area contributed by atoms with E-state index in [9.17, 15) is 9.59 Å². The van der Waals surface area contributed by atoms with Gasteiger partial charge in [-0.15, -0.1) is 0 Å². The number of rotatable bonds is 3. The summed E-state index contributed by atoms with van der Waals surface area (Å²) >= 11 is 7.87. The van der Waals surface area contributed by atoms with Gasteiger partial charge in [-0.1, -0.05) is 11.6 Å². The van der Waals surface area contributed by atoms with E-state index in [0.717, 1.165) is 8.58 Å². The van der Waals surface area contributed by atoms with Crippen molar-refractivity contribution in [2.24, 2.45) is 5.73 Å². The largest absolute Gasteiger partial charge is 0.496 e. The van der Waals surface area contributed by atoms with Crippen LogP contribution in [0.1, 0.15) is 10.4 Å². The van der Waals surface area contributed by atoms with Crippen molar-refractivity contribution in [2.45, 2.75) is 0 Å². The number of nitrogens with one attached hydrogen (secondary N) is 1. The monoisotopic (exact) mass is 445 g/mol. The summed E-state index contributed by atoms with van der Waals surface area (Å²) in [5.41, 5.74) is 8.56. The maximum atomic E-state index is 12.3. The number of nitrogens with two attached hydrogens (primary N) is 1. The Morgan fingerprint density at radius 3 is 2.39 bits per heavy atom. The summed E-state index contributed by atoms with van der Waals surface area (Å²) in [5, 5.41) is 1.46. The van der Waals surface area contributed by atoms with Crippen LogP contribution in [0.2, 0.25) is 5.02 Å². The lowest BCUT2D eigenvalue weighted by molar-refractivity contribution is 0.0950. The molecule has 0 spiro atoms. The van der Waals surface area contributed by atoms with Crippen LogP contribution in [0.3, 0.4) is 0 Å². The van der Waals surface area contributed by atoms with Crippen LogP contribution in [0.5, 0.6) is 5.75 Å². The molecule has 0 radical (unpaired) electrons. The van der Waals surface area contributed by atoms with Gasteiger partial charge in [0, 0.05) is 10.6 Å². The Morgan fingerprint density at radius 1 is 1.22 bits per heavy atom. The summed E-state index contributed by atoms with van der Waals surface area (Å²) in [6.45, 7) is 0. The Morgan fingerprint density at radius 2 is 1.87 bits per heavy atom. The average Bonchev–Trinajstić information content (AvgIpc) is 2.53. The number of carbonyl (C=O) groups is 2. The highest BCUT2D eigenvalue weighted by Gasteiger charge is 2.17. The molecule has 6 nitrogen and oxygen atoms in total. The van der Waals surface area contributed by atoms with E-state index in [0.29, 0.717) is 22.0 Å². The summed E-state index contributed by atoms with van der Waals surface area (Å²) in [7, 11) is 1.55. The highest BCUT2D eigenvalue weighted by molar-refractivity contribution is 14.1. The van der Waals surface area contributed by atoms with Crippen molar-refractivity contribution in [3.63, 3.8) is 0 Å². The van der Waals surface area contributed by atoms with Gasteiger partial charge in [0.05, 0.1) is 16.4 Å². The lowest BCUT2D eigenvalue weighted by Gasteiger charge is -2.21. The van der Waals surface area contributed by atoms with E-state index in [1.807, 2.05) is 0 Å². The fourth-order valence-corrected chi connectivity index (χ4v) is 2.67. The minimum atomic E-state index is -0.816. The van der Waals surface area contributed by atoms with E-state index >= 15 is 0 Å². The molecule has 0 unspecified atom stereocenters. The molecule has 2 aromatic rings. The molecule has 0 saturated heterocycles. The summed E-state index contributed by atoms with van der Waals surface area (Å²) in [6.07, 6.45) is 0. The standard InChI is InChI=1S/C15H13ClIN3O3/c1-23-13-7-2-9(8-12(13)17)14(21)19-20(15(18)22)11-5-3-10(16)4-6-11/h2-8H,1H3,(H2,18,22)(H,19,21). The van der Waals surface area contributed by atoms with Gasteiger partial charge in [-0.3, -0.25) is 10.2 Å². The van der Waals surface area contributed by atoms with Gasteiger partial charge in [-0.25, -0.2) is 9.80 Å². The molecule has 8 heteroatoms. The van der Waals surface area contributed by atoms with E-state index < -0.39 is 11.9 Å².